The average Bonchev–Trinajstić information content (AvgIpc) is 2.18. The van der Waals surface area contributed by atoms with Crippen LogP contribution < -0.4 is 5.32 Å². The molecular weight excluding hydrogens is 216 g/mol. The van der Waals surface area contributed by atoms with Gasteiger partial charge in [-0.2, -0.15) is 0 Å². The SMILES string of the molecule is CC(=O)NC1CCC(CC(=O)CN(C)C)CC1. The Morgan fingerprint density at radius 2 is 1.76 bits per heavy atom. The fraction of sp³-hybridized carbons (Fsp3) is 0.846. The first-order valence-electron chi connectivity index (χ1n) is 6.41. The van der Waals surface area contributed by atoms with Gasteiger partial charge in [0.2, 0.25) is 5.91 Å². The van der Waals surface area contributed by atoms with Gasteiger partial charge in [-0.1, -0.05) is 0 Å². The Kier molecular flexibility index (Phi) is 5.62. The predicted molar refractivity (Wildman–Crippen MR) is 67.7 cm³/mol. The van der Waals surface area contributed by atoms with Crippen molar-refractivity contribution in [3.63, 3.8) is 0 Å². The first-order valence-corrected chi connectivity index (χ1v) is 6.41. The number of likely N-dealkylation sites (N-methyl/N-ethyl adjacent to an activating group) is 1. The molecule has 1 amide bonds. The molecule has 0 heterocycles. The third kappa shape index (κ3) is 5.82. The van der Waals surface area contributed by atoms with Gasteiger partial charge in [0, 0.05) is 19.4 Å². The van der Waals surface area contributed by atoms with Crippen molar-refractivity contribution in [1.82, 2.24) is 10.2 Å². The van der Waals surface area contributed by atoms with Crippen LogP contribution in [0.25, 0.3) is 0 Å². The number of amides is 1. The lowest BCUT2D eigenvalue weighted by Gasteiger charge is -2.28. The van der Waals surface area contributed by atoms with Gasteiger partial charge in [0.05, 0.1) is 6.54 Å². The van der Waals surface area contributed by atoms with Gasteiger partial charge in [0.1, 0.15) is 5.78 Å². The Morgan fingerprint density at radius 3 is 2.24 bits per heavy atom. The maximum atomic E-state index is 11.7. The number of rotatable bonds is 5. The van der Waals surface area contributed by atoms with Crippen LogP contribution >= 0.6 is 0 Å². The van der Waals surface area contributed by atoms with E-state index in [0.29, 0.717) is 30.7 Å². The zero-order valence-corrected chi connectivity index (χ0v) is 11.2. The van der Waals surface area contributed by atoms with Crippen LogP contribution in [0.3, 0.4) is 0 Å². The first-order chi connectivity index (χ1) is 7.97. The minimum absolute atomic E-state index is 0.0529. The molecule has 1 aliphatic rings. The van der Waals surface area contributed by atoms with Crippen molar-refractivity contribution in [2.24, 2.45) is 5.92 Å². The molecule has 0 aromatic rings. The molecule has 1 rings (SSSR count). The summed E-state index contributed by atoms with van der Waals surface area (Å²) in [5, 5.41) is 2.96. The van der Waals surface area contributed by atoms with Gasteiger partial charge < -0.3 is 10.2 Å². The second kappa shape index (κ2) is 6.74. The standard InChI is InChI=1S/C13H24N2O2/c1-10(16)14-12-6-4-11(5-7-12)8-13(17)9-15(2)3/h11-12H,4-9H2,1-3H3,(H,14,16). The third-order valence-corrected chi connectivity index (χ3v) is 3.26. The molecule has 1 aliphatic carbocycles. The summed E-state index contributed by atoms with van der Waals surface area (Å²) >= 11 is 0. The summed E-state index contributed by atoms with van der Waals surface area (Å²) in [6.07, 6.45) is 4.85. The van der Waals surface area contributed by atoms with Crippen molar-refractivity contribution in [2.75, 3.05) is 20.6 Å². The number of hydrogen-bond acceptors (Lipinski definition) is 3. The molecule has 0 unspecified atom stereocenters. The van der Waals surface area contributed by atoms with Crippen LogP contribution in [0.15, 0.2) is 0 Å². The van der Waals surface area contributed by atoms with E-state index >= 15 is 0 Å². The normalized spacial score (nSPS) is 24.7. The van der Waals surface area contributed by atoms with E-state index < -0.39 is 0 Å². The number of nitrogens with zero attached hydrogens (tertiary/aromatic N) is 1. The van der Waals surface area contributed by atoms with Crippen LogP contribution in [-0.4, -0.2) is 43.3 Å². The molecule has 0 spiro atoms. The van der Waals surface area contributed by atoms with Gasteiger partial charge in [-0.15, -0.1) is 0 Å². The van der Waals surface area contributed by atoms with E-state index in [9.17, 15) is 9.59 Å². The Morgan fingerprint density at radius 1 is 1.18 bits per heavy atom. The lowest BCUT2D eigenvalue weighted by molar-refractivity contribution is -0.122. The van der Waals surface area contributed by atoms with Gasteiger partial charge in [-0.05, 0) is 45.7 Å². The molecule has 0 aromatic heterocycles. The molecule has 0 bridgehead atoms. The minimum Gasteiger partial charge on any atom is -0.354 e. The molecule has 4 heteroatoms. The second-order valence-corrected chi connectivity index (χ2v) is 5.40. The van der Waals surface area contributed by atoms with Crippen LogP contribution in [0.5, 0.6) is 0 Å². The number of hydrogen-bond donors (Lipinski definition) is 1. The van der Waals surface area contributed by atoms with Crippen molar-refractivity contribution in [3.8, 4) is 0 Å². The van der Waals surface area contributed by atoms with E-state index in [1.165, 1.54) is 0 Å². The number of carbonyl (C=O) groups is 2. The molecule has 1 N–H and O–H groups in total. The van der Waals surface area contributed by atoms with Crippen molar-refractivity contribution in [1.29, 1.82) is 0 Å². The topological polar surface area (TPSA) is 49.4 Å². The molecule has 0 aromatic carbocycles. The summed E-state index contributed by atoms with van der Waals surface area (Å²) in [5.74, 6) is 0.905. The summed E-state index contributed by atoms with van der Waals surface area (Å²) in [5.41, 5.74) is 0. The second-order valence-electron chi connectivity index (χ2n) is 5.40. The summed E-state index contributed by atoms with van der Waals surface area (Å²) in [6.45, 7) is 2.11. The summed E-state index contributed by atoms with van der Waals surface area (Å²) in [4.78, 5) is 24.5. The van der Waals surface area contributed by atoms with Crippen molar-refractivity contribution >= 4 is 11.7 Å². The molecule has 98 valence electrons. The fourth-order valence-corrected chi connectivity index (χ4v) is 2.54. The summed E-state index contributed by atoms with van der Waals surface area (Å²) in [7, 11) is 3.84. The van der Waals surface area contributed by atoms with Crippen molar-refractivity contribution < 1.29 is 9.59 Å². The summed E-state index contributed by atoms with van der Waals surface area (Å²) in [6, 6.07) is 0.327. The predicted octanol–water partition coefficient (Wildman–Crippen LogP) is 1.20. The number of carbonyl (C=O) groups excluding carboxylic acids is 2. The molecule has 4 nitrogen and oxygen atoms in total. The van der Waals surface area contributed by atoms with E-state index in [1.54, 1.807) is 6.92 Å². The number of nitrogens with one attached hydrogen (secondary N) is 1. The van der Waals surface area contributed by atoms with Crippen LogP contribution in [0.2, 0.25) is 0 Å². The highest BCUT2D eigenvalue weighted by Crippen LogP contribution is 2.27. The van der Waals surface area contributed by atoms with E-state index in [4.69, 9.17) is 0 Å². The summed E-state index contributed by atoms with van der Waals surface area (Å²) < 4.78 is 0. The smallest absolute Gasteiger partial charge is 0.217 e. The third-order valence-electron chi connectivity index (χ3n) is 3.26. The molecule has 0 radical (unpaired) electrons. The molecule has 17 heavy (non-hydrogen) atoms. The molecule has 0 aliphatic heterocycles. The van der Waals surface area contributed by atoms with Gasteiger partial charge in [0.25, 0.3) is 0 Å². The van der Waals surface area contributed by atoms with E-state index in [2.05, 4.69) is 5.32 Å². The van der Waals surface area contributed by atoms with E-state index in [-0.39, 0.29) is 5.91 Å². The Bertz CT molecular complexity index is 269. The molecule has 0 atom stereocenters. The van der Waals surface area contributed by atoms with E-state index in [0.717, 1.165) is 25.7 Å². The number of Topliss-reactive ketones (excluding diaryl/α,β-unsaturated/α-hetero) is 1. The average molecular weight is 240 g/mol. The van der Waals surface area contributed by atoms with Gasteiger partial charge >= 0.3 is 0 Å². The lowest BCUT2D eigenvalue weighted by atomic mass is 9.83. The highest BCUT2D eigenvalue weighted by Gasteiger charge is 2.23. The van der Waals surface area contributed by atoms with Gasteiger partial charge in [-0.25, -0.2) is 0 Å². The molecule has 0 saturated heterocycles. The van der Waals surface area contributed by atoms with Crippen LogP contribution in [-0.2, 0) is 9.59 Å². The Balaban J connectivity index is 2.23. The van der Waals surface area contributed by atoms with Crippen LogP contribution in [0, 0.1) is 5.92 Å². The quantitative estimate of drug-likeness (QED) is 0.785. The van der Waals surface area contributed by atoms with E-state index in [1.807, 2.05) is 19.0 Å². The first kappa shape index (κ1) is 14.2. The molecule has 1 saturated carbocycles. The van der Waals surface area contributed by atoms with Crippen LogP contribution in [0.4, 0.5) is 0 Å². The molecule has 1 fully saturated rings. The largest absolute Gasteiger partial charge is 0.354 e. The van der Waals surface area contributed by atoms with Crippen molar-refractivity contribution in [2.45, 2.75) is 45.1 Å². The zero-order valence-electron chi connectivity index (χ0n) is 11.2. The fourth-order valence-electron chi connectivity index (χ4n) is 2.54. The maximum Gasteiger partial charge on any atom is 0.217 e. The maximum absolute atomic E-state index is 11.7. The Labute approximate surface area is 104 Å². The molecular formula is C13H24N2O2. The highest BCUT2D eigenvalue weighted by atomic mass is 16.1. The highest BCUT2D eigenvalue weighted by molar-refractivity contribution is 5.80. The Hall–Kier alpha value is -0.900. The monoisotopic (exact) mass is 240 g/mol. The zero-order chi connectivity index (χ0) is 12.8. The minimum atomic E-state index is 0.0529. The lowest BCUT2D eigenvalue weighted by Crippen LogP contribution is -2.36. The van der Waals surface area contributed by atoms with Gasteiger partial charge in [0.15, 0.2) is 0 Å². The van der Waals surface area contributed by atoms with Crippen molar-refractivity contribution in [3.05, 3.63) is 0 Å². The number of ketones is 1. The van der Waals surface area contributed by atoms with Crippen LogP contribution in [0.1, 0.15) is 39.0 Å². The van der Waals surface area contributed by atoms with Gasteiger partial charge in [-0.3, -0.25) is 9.59 Å².